The van der Waals surface area contributed by atoms with Gasteiger partial charge >= 0.3 is 0 Å². The fourth-order valence-corrected chi connectivity index (χ4v) is 1.89. The Morgan fingerprint density at radius 1 is 1.47 bits per heavy atom. The van der Waals surface area contributed by atoms with Crippen molar-refractivity contribution in [2.24, 2.45) is 5.73 Å². The van der Waals surface area contributed by atoms with E-state index in [1.54, 1.807) is 6.20 Å². The van der Waals surface area contributed by atoms with Crippen molar-refractivity contribution in [3.05, 3.63) is 22.8 Å². The molecule has 0 radical (unpaired) electrons. The predicted octanol–water partition coefficient (Wildman–Crippen LogP) is 2.06. The van der Waals surface area contributed by atoms with Crippen molar-refractivity contribution < 1.29 is 4.74 Å². The van der Waals surface area contributed by atoms with E-state index in [1.165, 1.54) is 0 Å². The quantitative estimate of drug-likeness (QED) is 0.760. The average molecular weight is 258 g/mol. The Kier molecular flexibility index (Phi) is 6.26. The fourth-order valence-electron chi connectivity index (χ4n) is 1.58. The molecule has 0 aliphatic rings. The molecule has 5 heteroatoms. The van der Waals surface area contributed by atoms with E-state index in [9.17, 15) is 0 Å². The lowest BCUT2D eigenvalue weighted by molar-refractivity contribution is 0.154. The molecule has 1 rings (SSSR count). The van der Waals surface area contributed by atoms with Gasteiger partial charge in [-0.15, -0.1) is 0 Å². The maximum absolute atomic E-state index is 6.27. The molecule has 1 heterocycles. The van der Waals surface area contributed by atoms with Crippen molar-refractivity contribution in [1.82, 2.24) is 4.98 Å². The molecule has 0 unspecified atom stereocenters. The van der Waals surface area contributed by atoms with Gasteiger partial charge in [0.05, 0.1) is 11.6 Å². The number of anilines is 1. The molecule has 0 atom stereocenters. The topological polar surface area (TPSA) is 51.4 Å². The van der Waals surface area contributed by atoms with Crippen LogP contribution in [0, 0.1) is 0 Å². The third-order valence-corrected chi connectivity index (χ3v) is 2.97. The van der Waals surface area contributed by atoms with Crippen molar-refractivity contribution in [3.63, 3.8) is 0 Å². The van der Waals surface area contributed by atoms with E-state index in [2.05, 4.69) is 16.8 Å². The van der Waals surface area contributed by atoms with Crippen molar-refractivity contribution in [2.75, 3.05) is 31.2 Å². The van der Waals surface area contributed by atoms with Crippen LogP contribution in [-0.4, -0.2) is 31.3 Å². The van der Waals surface area contributed by atoms with Gasteiger partial charge in [0, 0.05) is 32.4 Å². The summed E-state index contributed by atoms with van der Waals surface area (Å²) in [5.74, 6) is 0.789. The first-order chi connectivity index (χ1) is 8.24. The van der Waals surface area contributed by atoms with Crippen molar-refractivity contribution in [2.45, 2.75) is 20.4 Å². The molecule has 0 aromatic carbocycles. The maximum atomic E-state index is 6.27. The third kappa shape index (κ3) is 3.84. The number of halogens is 1. The predicted molar refractivity (Wildman–Crippen MR) is 71.5 cm³/mol. The summed E-state index contributed by atoms with van der Waals surface area (Å²) in [6, 6.07) is 1.85. The van der Waals surface area contributed by atoms with Gasteiger partial charge < -0.3 is 15.4 Å². The first-order valence-corrected chi connectivity index (χ1v) is 6.28. The van der Waals surface area contributed by atoms with Crippen LogP contribution in [0.2, 0.25) is 5.02 Å². The Morgan fingerprint density at radius 3 is 2.82 bits per heavy atom. The Morgan fingerprint density at radius 2 is 2.24 bits per heavy atom. The van der Waals surface area contributed by atoms with Gasteiger partial charge in [0.2, 0.25) is 0 Å². The number of ether oxygens (including phenoxy) is 1. The molecule has 0 bridgehead atoms. The number of likely N-dealkylation sites (N-methyl/N-ethyl adjacent to an activating group) is 1. The SMILES string of the molecule is CCOCCN(CC)c1nccc(CN)c1Cl. The maximum Gasteiger partial charge on any atom is 0.147 e. The molecular formula is C12H20ClN3O. The number of rotatable bonds is 7. The summed E-state index contributed by atoms with van der Waals surface area (Å²) in [6.07, 6.45) is 1.74. The highest BCUT2D eigenvalue weighted by Gasteiger charge is 2.12. The summed E-state index contributed by atoms with van der Waals surface area (Å²) < 4.78 is 5.35. The van der Waals surface area contributed by atoms with Gasteiger partial charge in [-0.2, -0.15) is 0 Å². The molecule has 17 heavy (non-hydrogen) atoms. The van der Waals surface area contributed by atoms with E-state index in [0.29, 0.717) is 18.2 Å². The molecule has 0 spiro atoms. The van der Waals surface area contributed by atoms with Gasteiger partial charge in [-0.25, -0.2) is 4.98 Å². The van der Waals surface area contributed by atoms with Crippen LogP contribution in [0.3, 0.4) is 0 Å². The van der Waals surface area contributed by atoms with Crippen LogP contribution in [0.5, 0.6) is 0 Å². The summed E-state index contributed by atoms with van der Waals surface area (Å²) in [6.45, 7) is 7.50. The molecule has 2 N–H and O–H groups in total. The lowest BCUT2D eigenvalue weighted by Gasteiger charge is -2.23. The Bertz CT molecular complexity index is 347. The van der Waals surface area contributed by atoms with Gasteiger partial charge in [0.1, 0.15) is 5.82 Å². The van der Waals surface area contributed by atoms with Gasteiger partial charge in [0.15, 0.2) is 0 Å². The van der Waals surface area contributed by atoms with Gasteiger partial charge in [-0.3, -0.25) is 0 Å². The van der Waals surface area contributed by atoms with Crippen molar-refractivity contribution in [3.8, 4) is 0 Å². The number of pyridine rings is 1. The zero-order valence-electron chi connectivity index (χ0n) is 10.4. The molecule has 4 nitrogen and oxygen atoms in total. The normalized spacial score (nSPS) is 10.6. The van der Waals surface area contributed by atoms with E-state index in [1.807, 2.05) is 13.0 Å². The zero-order valence-corrected chi connectivity index (χ0v) is 11.2. The smallest absolute Gasteiger partial charge is 0.147 e. The van der Waals surface area contributed by atoms with E-state index in [0.717, 1.165) is 31.1 Å². The molecular weight excluding hydrogens is 238 g/mol. The molecule has 0 aliphatic heterocycles. The minimum atomic E-state index is 0.428. The number of hydrogen-bond acceptors (Lipinski definition) is 4. The summed E-state index contributed by atoms with van der Waals surface area (Å²) in [5.41, 5.74) is 6.55. The highest BCUT2D eigenvalue weighted by atomic mass is 35.5. The highest BCUT2D eigenvalue weighted by Crippen LogP contribution is 2.26. The van der Waals surface area contributed by atoms with E-state index < -0.39 is 0 Å². The molecule has 0 saturated carbocycles. The number of hydrogen-bond donors (Lipinski definition) is 1. The molecule has 0 fully saturated rings. The van der Waals surface area contributed by atoms with E-state index in [-0.39, 0.29) is 0 Å². The molecule has 96 valence electrons. The summed E-state index contributed by atoms with van der Waals surface area (Å²) in [7, 11) is 0. The molecule has 0 aliphatic carbocycles. The van der Waals surface area contributed by atoms with Crippen molar-refractivity contribution >= 4 is 17.4 Å². The van der Waals surface area contributed by atoms with Crippen molar-refractivity contribution in [1.29, 1.82) is 0 Å². The number of aromatic nitrogens is 1. The van der Waals surface area contributed by atoms with Crippen LogP contribution >= 0.6 is 11.6 Å². The van der Waals surface area contributed by atoms with Crippen LogP contribution < -0.4 is 10.6 Å². The Balaban J connectivity index is 2.80. The molecule has 0 amide bonds. The molecule has 0 saturated heterocycles. The van der Waals surface area contributed by atoms with Gasteiger partial charge in [-0.05, 0) is 25.5 Å². The fraction of sp³-hybridized carbons (Fsp3) is 0.583. The van der Waals surface area contributed by atoms with Gasteiger partial charge in [-0.1, -0.05) is 11.6 Å². The van der Waals surface area contributed by atoms with Crippen LogP contribution in [0.1, 0.15) is 19.4 Å². The first kappa shape index (κ1) is 14.2. The van der Waals surface area contributed by atoms with Crippen LogP contribution in [-0.2, 0) is 11.3 Å². The zero-order chi connectivity index (χ0) is 12.7. The van der Waals surface area contributed by atoms with Crippen LogP contribution in [0.4, 0.5) is 5.82 Å². The summed E-state index contributed by atoms with van der Waals surface area (Å²) >= 11 is 6.27. The average Bonchev–Trinajstić information content (AvgIpc) is 2.36. The largest absolute Gasteiger partial charge is 0.380 e. The second-order valence-electron chi connectivity index (χ2n) is 3.59. The lowest BCUT2D eigenvalue weighted by Crippen LogP contribution is -2.28. The Labute approximate surface area is 108 Å². The summed E-state index contributed by atoms with van der Waals surface area (Å²) in [5, 5.41) is 0.647. The molecule has 1 aromatic rings. The third-order valence-electron chi connectivity index (χ3n) is 2.56. The number of nitrogens with two attached hydrogens (primary N) is 1. The molecule has 1 aromatic heterocycles. The first-order valence-electron chi connectivity index (χ1n) is 5.90. The number of nitrogens with zero attached hydrogens (tertiary/aromatic N) is 2. The van der Waals surface area contributed by atoms with Crippen LogP contribution in [0.25, 0.3) is 0 Å². The van der Waals surface area contributed by atoms with E-state index >= 15 is 0 Å². The minimum Gasteiger partial charge on any atom is -0.380 e. The highest BCUT2D eigenvalue weighted by molar-refractivity contribution is 6.33. The minimum absolute atomic E-state index is 0.428. The second-order valence-corrected chi connectivity index (χ2v) is 3.97. The van der Waals surface area contributed by atoms with E-state index in [4.69, 9.17) is 22.1 Å². The van der Waals surface area contributed by atoms with Crippen LogP contribution in [0.15, 0.2) is 12.3 Å². The Hall–Kier alpha value is -0.840. The standard InChI is InChI=1S/C12H20ClN3O/c1-3-16(7-8-17-4-2)12-11(13)10(9-14)5-6-15-12/h5-6H,3-4,7-9,14H2,1-2H3. The summed E-state index contributed by atoms with van der Waals surface area (Å²) in [4.78, 5) is 6.41. The monoisotopic (exact) mass is 257 g/mol. The van der Waals surface area contributed by atoms with Gasteiger partial charge in [0.25, 0.3) is 0 Å². The lowest BCUT2D eigenvalue weighted by atomic mass is 10.2. The second kappa shape index (κ2) is 7.48.